The lowest BCUT2D eigenvalue weighted by Gasteiger charge is -2.16. The molecule has 1 aliphatic carbocycles. The van der Waals surface area contributed by atoms with Crippen LogP contribution in [0.1, 0.15) is 46.8 Å². The molecule has 1 aromatic rings. The number of hydrogen-bond acceptors (Lipinski definition) is 3. The fourth-order valence-corrected chi connectivity index (χ4v) is 3.46. The van der Waals surface area contributed by atoms with Crippen molar-refractivity contribution in [2.24, 2.45) is 5.92 Å². The Bertz CT molecular complexity index is 423. The zero-order chi connectivity index (χ0) is 13.1. The molecular weight excluding hydrogens is 246 g/mol. The van der Waals surface area contributed by atoms with Crippen LogP contribution in [-0.4, -0.2) is 23.7 Å². The van der Waals surface area contributed by atoms with Crippen molar-refractivity contribution in [3.8, 4) is 0 Å². The third-order valence-corrected chi connectivity index (χ3v) is 4.84. The normalized spacial score (nSPS) is 20.3. The van der Waals surface area contributed by atoms with Gasteiger partial charge in [0.2, 0.25) is 0 Å². The van der Waals surface area contributed by atoms with Crippen LogP contribution < -0.4 is 5.32 Å². The van der Waals surface area contributed by atoms with E-state index in [1.807, 2.05) is 13.0 Å². The first-order chi connectivity index (χ1) is 8.63. The molecule has 0 bridgehead atoms. The lowest BCUT2D eigenvalue weighted by molar-refractivity contribution is 0.0919. The van der Waals surface area contributed by atoms with E-state index in [9.17, 15) is 4.79 Å². The number of aliphatic hydroxyl groups is 1. The summed E-state index contributed by atoms with van der Waals surface area (Å²) in [7, 11) is 0. The van der Waals surface area contributed by atoms with Crippen molar-refractivity contribution in [1.29, 1.82) is 0 Å². The Labute approximate surface area is 112 Å². The predicted octanol–water partition coefficient (Wildman–Crippen LogP) is 2.37. The number of rotatable bonds is 4. The Morgan fingerprint density at radius 1 is 1.67 bits per heavy atom. The third kappa shape index (κ3) is 2.93. The largest absolute Gasteiger partial charge is 0.394 e. The van der Waals surface area contributed by atoms with Crippen LogP contribution in [-0.2, 0) is 12.8 Å². The molecule has 4 heteroatoms. The van der Waals surface area contributed by atoms with Crippen molar-refractivity contribution in [3.05, 3.63) is 21.4 Å². The van der Waals surface area contributed by atoms with Gasteiger partial charge in [-0.2, -0.15) is 0 Å². The molecule has 1 heterocycles. The van der Waals surface area contributed by atoms with Gasteiger partial charge < -0.3 is 10.4 Å². The summed E-state index contributed by atoms with van der Waals surface area (Å²) >= 11 is 1.61. The van der Waals surface area contributed by atoms with Crippen molar-refractivity contribution in [1.82, 2.24) is 5.32 Å². The highest BCUT2D eigenvalue weighted by atomic mass is 32.1. The average molecular weight is 267 g/mol. The fourth-order valence-electron chi connectivity index (χ4n) is 2.35. The van der Waals surface area contributed by atoms with Crippen LogP contribution in [0.2, 0.25) is 0 Å². The molecule has 0 saturated heterocycles. The molecule has 1 amide bonds. The highest BCUT2D eigenvalue weighted by Crippen LogP contribution is 2.32. The van der Waals surface area contributed by atoms with E-state index in [0.717, 1.165) is 30.1 Å². The molecule has 0 fully saturated rings. The maximum atomic E-state index is 12.1. The molecule has 100 valence electrons. The smallest absolute Gasteiger partial charge is 0.261 e. The molecule has 2 unspecified atom stereocenters. The van der Waals surface area contributed by atoms with Gasteiger partial charge >= 0.3 is 0 Å². The minimum absolute atomic E-state index is 0.00433. The van der Waals surface area contributed by atoms with Gasteiger partial charge in [0.15, 0.2) is 0 Å². The monoisotopic (exact) mass is 267 g/mol. The van der Waals surface area contributed by atoms with Gasteiger partial charge in [-0.3, -0.25) is 4.79 Å². The molecule has 0 radical (unpaired) electrons. The van der Waals surface area contributed by atoms with E-state index >= 15 is 0 Å². The van der Waals surface area contributed by atoms with Gasteiger partial charge in [0, 0.05) is 4.88 Å². The number of thiophene rings is 1. The summed E-state index contributed by atoms with van der Waals surface area (Å²) in [6, 6.07) is 1.91. The van der Waals surface area contributed by atoms with Gasteiger partial charge in [-0.25, -0.2) is 0 Å². The highest BCUT2D eigenvalue weighted by molar-refractivity contribution is 7.14. The SMILES string of the molecule is CCC(CO)NC(=O)c1cc2c(s1)CCC(C)C2. The van der Waals surface area contributed by atoms with Gasteiger partial charge in [-0.05, 0) is 43.2 Å². The molecule has 1 aliphatic rings. The van der Waals surface area contributed by atoms with Crippen LogP contribution in [0.3, 0.4) is 0 Å². The van der Waals surface area contributed by atoms with E-state index in [2.05, 4.69) is 12.2 Å². The van der Waals surface area contributed by atoms with Crippen LogP contribution in [0.15, 0.2) is 6.07 Å². The zero-order valence-electron chi connectivity index (χ0n) is 11.0. The van der Waals surface area contributed by atoms with E-state index in [1.54, 1.807) is 11.3 Å². The maximum Gasteiger partial charge on any atom is 0.261 e. The van der Waals surface area contributed by atoms with Gasteiger partial charge in [0.05, 0.1) is 17.5 Å². The molecular formula is C14H21NO2S. The summed E-state index contributed by atoms with van der Waals surface area (Å²) in [6.07, 6.45) is 4.18. The Balaban J connectivity index is 2.07. The van der Waals surface area contributed by atoms with Crippen molar-refractivity contribution in [2.75, 3.05) is 6.61 Å². The summed E-state index contributed by atoms with van der Waals surface area (Å²) in [5.74, 6) is 0.687. The lowest BCUT2D eigenvalue weighted by atomic mass is 9.90. The number of carbonyl (C=O) groups is 1. The minimum Gasteiger partial charge on any atom is -0.394 e. The molecule has 2 rings (SSSR count). The molecule has 2 atom stereocenters. The van der Waals surface area contributed by atoms with E-state index in [-0.39, 0.29) is 18.6 Å². The standard InChI is InChI=1S/C14H21NO2S/c1-3-11(8-16)15-14(17)13-7-10-6-9(2)4-5-12(10)18-13/h7,9,11,16H,3-6,8H2,1-2H3,(H,15,17). The second kappa shape index (κ2) is 5.85. The molecule has 18 heavy (non-hydrogen) atoms. The van der Waals surface area contributed by atoms with E-state index in [1.165, 1.54) is 16.9 Å². The lowest BCUT2D eigenvalue weighted by Crippen LogP contribution is -2.36. The third-order valence-electron chi connectivity index (χ3n) is 3.60. The van der Waals surface area contributed by atoms with E-state index in [0.29, 0.717) is 0 Å². The Morgan fingerprint density at radius 2 is 2.44 bits per heavy atom. The van der Waals surface area contributed by atoms with Crippen LogP contribution in [0.4, 0.5) is 0 Å². The number of hydrogen-bond donors (Lipinski definition) is 2. The van der Waals surface area contributed by atoms with Gasteiger partial charge in [-0.15, -0.1) is 11.3 Å². The van der Waals surface area contributed by atoms with Crippen molar-refractivity contribution < 1.29 is 9.90 Å². The summed E-state index contributed by atoms with van der Waals surface area (Å²) in [5.41, 5.74) is 1.35. The first kappa shape index (κ1) is 13.6. The molecule has 3 nitrogen and oxygen atoms in total. The molecule has 0 saturated carbocycles. The van der Waals surface area contributed by atoms with Gasteiger partial charge in [-0.1, -0.05) is 13.8 Å². The molecule has 0 aromatic carbocycles. The van der Waals surface area contributed by atoms with E-state index in [4.69, 9.17) is 5.11 Å². The first-order valence-electron chi connectivity index (χ1n) is 6.67. The number of nitrogens with one attached hydrogen (secondary N) is 1. The van der Waals surface area contributed by atoms with Crippen molar-refractivity contribution in [2.45, 2.75) is 45.6 Å². The highest BCUT2D eigenvalue weighted by Gasteiger charge is 2.21. The Hall–Kier alpha value is -0.870. The first-order valence-corrected chi connectivity index (χ1v) is 7.49. The van der Waals surface area contributed by atoms with Crippen molar-refractivity contribution >= 4 is 17.2 Å². The molecule has 1 aromatic heterocycles. The van der Waals surface area contributed by atoms with Crippen LogP contribution in [0.25, 0.3) is 0 Å². The Morgan fingerprint density at radius 3 is 3.11 bits per heavy atom. The maximum absolute atomic E-state index is 12.1. The van der Waals surface area contributed by atoms with Crippen LogP contribution >= 0.6 is 11.3 Å². The van der Waals surface area contributed by atoms with Crippen LogP contribution in [0.5, 0.6) is 0 Å². The minimum atomic E-state index is -0.129. The second-order valence-electron chi connectivity index (χ2n) is 5.17. The second-order valence-corrected chi connectivity index (χ2v) is 6.30. The Kier molecular flexibility index (Phi) is 4.40. The topological polar surface area (TPSA) is 49.3 Å². The predicted molar refractivity (Wildman–Crippen MR) is 74.1 cm³/mol. The van der Waals surface area contributed by atoms with Gasteiger partial charge in [0.1, 0.15) is 0 Å². The number of carbonyl (C=O) groups excluding carboxylic acids is 1. The summed E-state index contributed by atoms with van der Waals surface area (Å²) in [6.45, 7) is 4.23. The molecule has 0 aliphatic heterocycles. The van der Waals surface area contributed by atoms with Gasteiger partial charge in [0.25, 0.3) is 5.91 Å². The quantitative estimate of drug-likeness (QED) is 0.880. The number of fused-ring (bicyclic) bond motifs is 1. The van der Waals surface area contributed by atoms with E-state index < -0.39 is 0 Å². The van der Waals surface area contributed by atoms with Crippen LogP contribution in [0, 0.1) is 5.92 Å². The van der Waals surface area contributed by atoms with Crippen molar-refractivity contribution in [3.63, 3.8) is 0 Å². The average Bonchev–Trinajstić information content (AvgIpc) is 2.78. The summed E-state index contributed by atoms with van der Waals surface area (Å²) in [5, 5.41) is 12.0. The number of aliphatic hydroxyl groups excluding tert-OH is 1. The molecule has 0 spiro atoms. The zero-order valence-corrected chi connectivity index (χ0v) is 11.8. The number of amides is 1. The summed E-state index contributed by atoms with van der Waals surface area (Å²) in [4.78, 5) is 14.2. The number of aryl methyl sites for hydroxylation is 1. The molecule has 2 N–H and O–H groups in total. The fraction of sp³-hybridized carbons (Fsp3) is 0.643. The summed E-state index contributed by atoms with van der Waals surface area (Å²) < 4.78 is 0.